The van der Waals surface area contributed by atoms with Crippen molar-refractivity contribution in [3.8, 4) is 11.3 Å². The number of amides is 1. The zero-order valence-corrected chi connectivity index (χ0v) is 17.1. The number of rotatable bonds is 6. The number of oxazole rings is 1. The van der Waals surface area contributed by atoms with Crippen LogP contribution in [0.5, 0.6) is 0 Å². The Hall–Kier alpha value is -3.74. The highest BCUT2D eigenvalue weighted by atomic mass is 16.4. The zero-order valence-electron chi connectivity index (χ0n) is 17.1. The largest absolute Gasteiger partial charge is 0.441 e. The Bertz CT molecular complexity index is 1200. The van der Waals surface area contributed by atoms with Crippen LogP contribution < -0.4 is 10.2 Å². The molecule has 0 aliphatic carbocycles. The van der Waals surface area contributed by atoms with Gasteiger partial charge in [-0.3, -0.25) is 4.79 Å². The molecule has 0 spiro atoms. The molecule has 2 aromatic carbocycles. The molecular weight excluding hydrogens is 390 g/mol. The highest BCUT2D eigenvalue weighted by Gasteiger charge is 2.21. The van der Waals surface area contributed by atoms with Gasteiger partial charge in [-0.15, -0.1) is 0 Å². The van der Waals surface area contributed by atoms with Gasteiger partial charge < -0.3 is 14.6 Å². The van der Waals surface area contributed by atoms with Crippen molar-refractivity contribution in [2.24, 2.45) is 0 Å². The van der Waals surface area contributed by atoms with E-state index in [1.54, 1.807) is 6.20 Å². The fourth-order valence-electron chi connectivity index (χ4n) is 3.80. The third-order valence-corrected chi connectivity index (χ3v) is 5.39. The minimum Gasteiger partial charge on any atom is -0.441 e. The van der Waals surface area contributed by atoms with Gasteiger partial charge in [0.25, 0.3) is 0 Å². The highest BCUT2D eigenvalue weighted by molar-refractivity contribution is 5.94. The van der Waals surface area contributed by atoms with Crippen LogP contribution in [0.25, 0.3) is 22.4 Å². The van der Waals surface area contributed by atoms with E-state index in [-0.39, 0.29) is 12.3 Å². The lowest BCUT2D eigenvalue weighted by Crippen LogP contribution is -2.23. The van der Waals surface area contributed by atoms with Crippen molar-refractivity contribution in [3.05, 3.63) is 66.7 Å². The molecule has 1 saturated heterocycles. The molecule has 1 fully saturated rings. The molecule has 0 saturated carbocycles. The van der Waals surface area contributed by atoms with E-state index in [0.29, 0.717) is 23.9 Å². The number of hydrogen-bond acceptors (Lipinski definition) is 6. The number of nitrogens with one attached hydrogen (secondary N) is 1. The fourth-order valence-corrected chi connectivity index (χ4v) is 3.80. The number of carbonyl (C=O) groups excluding carboxylic acids is 1. The van der Waals surface area contributed by atoms with Crippen molar-refractivity contribution in [2.45, 2.75) is 25.7 Å². The zero-order chi connectivity index (χ0) is 21.0. The number of aryl methyl sites for hydroxylation is 1. The van der Waals surface area contributed by atoms with Crippen LogP contribution in [0.15, 0.2) is 65.2 Å². The van der Waals surface area contributed by atoms with Gasteiger partial charge in [-0.2, -0.15) is 0 Å². The van der Waals surface area contributed by atoms with Crippen LogP contribution in [0.3, 0.4) is 0 Å². The lowest BCUT2D eigenvalue weighted by Gasteiger charge is -2.20. The molecule has 7 nitrogen and oxygen atoms in total. The van der Waals surface area contributed by atoms with Crippen LogP contribution in [-0.2, 0) is 11.2 Å². The summed E-state index contributed by atoms with van der Waals surface area (Å²) in [6.45, 7) is 1.85. The van der Waals surface area contributed by atoms with Gasteiger partial charge in [-0.25, -0.2) is 15.0 Å². The first kappa shape index (κ1) is 19.2. The maximum absolute atomic E-state index is 12.7. The summed E-state index contributed by atoms with van der Waals surface area (Å²) in [7, 11) is 0. The molecule has 31 heavy (non-hydrogen) atoms. The summed E-state index contributed by atoms with van der Waals surface area (Å²) in [4.78, 5) is 28.7. The average molecular weight is 413 g/mol. The Labute approximate surface area is 180 Å². The van der Waals surface area contributed by atoms with Gasteiger partial charge in [-0.1, -0.05) is 42.5 Å². The van der Waals surface area contributed by atoms with Crippen molar-refractivity contribution >= 4 is 28.6 Å². The number of nitrogens with zero attached hydrogens (tertiary/aromatic N) is 4. The number of aromatic nitrogens is 3. The number of hydrogen-bond donors (Lipinski definition) is 1. The molecule has 2 aromatic heterocycles. The summed E-state index contributed by atoms with van der Waals surface area (Å²) < 4.78 is 5.81. The predicted octanol–water partition coefficient (Wildman–Crippen LogP) is 4.46. The molecule has 7 heteroatoms. The van der Waals surface area contributed by atoms with Crippen LogP contribution in [0.2, 0.25) is 0 Å². The molecule has 3 heterocycles. The van der Waals surface area contributed by atoms with E-state index in [2.05, 4.69) is 20.2 Å². The second-order valence-electron chi connectivity index (χ2n) is 7.61. The van der Waals surface area contributed by atoms with E-state index in [4.69, 9.17) is 9.40 Å². The van der Waals surface area contributed by atoms with Gasteiger partial charge in [0.2, 0.25) is 5.91 Å². The van der Waals surface area contributed by atoms with Crippen LogP contribution >= 0.6 is 0 Å². The molecule has 1 amide bonds. The lowest BCUT2D eigenvalue weighted by molar-refractivity contribution is -0.116. The van der Waals surface area contributed by atoms with Gasteiger partial charge in [-0.05, 0) is 25.0 Å². The Balaban J connectivity index is 1.30. The third-order valence-electron chi connectivity index (χ3n) is 5.39. The molecule has 0 unspecified atom stereocenters. The monoisotopic (exact) mass is 413 g/mol. The van der Waals surface area contributed by atoms with Crippen molar-refractivity contribution in [1.29, 1.82) is 0 Å². The molecule has 0 bridgehead atoms. The highest BCUT2D eigenvalue weighted by Crippen LogP contribution is 2.28. The van der Waals surface area contributed by atoms with Crippen LogP contribution in [0.1, 0.15) is 25.2 Å². The first-order valence-electron chi connectivity index (χ1n) is 10.6. The van der Waals surface area contributed by atoms with Crippen molar-refractivity contribution in [2.75, 3.05) is 23.3 Å². The number of benzene rings is 2. The van der Waals surface area contributed by atoms with E-state index in [9.17, 15) is 4.79 Å². The van der Waals surface area contributed by atoms with Gasteiger partial charge in [0.1, 0.15) is 0 Å². The molecule has 0 radical (unpaired) electrons. The first-order valence-corrected chi connectivity index (χ1v) is 10.6. The summed E-state index contributed by atoms with van der Waals surface area (Å²) in [5, 5.41) is 2.96. The summed E-state index contributed by atoms with van der Waals surface area (Å²) in [6, 6.07) is 17.5. The number of anilines is 2. The number of carbonyl (C=O) groups is 1. The molecule has 4 aromatic rings. The van der Waals surface area contributed by atoms with E-state index >= 15 is 0 Å². The SMILES string of the molecule is O=C(CCc1ncc(-c2ccccc2)o1)Nc1nc2ccccc2nc1N1CCCC1. The van der Waals surface area contributed by atoms with Gasteiger partial charge in [0, 0.05) is 31.5 Å². The Morgan fingerprint density at radius 3 is 2.45 bits per heavy atom. The van der Waals surface area contributed by atoms with E-state index in [1.165, 1.54) is 0 Å². The fraction of sp³-hybridized carbons (Fsp3) is 0.250. The molecule has 5 rings (SSSR count). The van der Waals surface area contributed by atoms with Gasteiger partial charge in [0.15, 0.2) is 23.3 Å². The Morgan fingerprint density at radius 1 is 0.968 bits per heavy atom. The maximum Gasteiger partial charge on any atom is 0.226 e. The third kappa shape index (κ3) is 4.26. The van der Waals surface area contributed by atoms with Crippen molar-refractivity contribution < 1.29 is 9.21 Å². The summed E-state index contributed by atoms with van der Waals surface area (Å²) in [5.41, 5.74) is 2.56. The van der Waals surface area contributed by atoms with Crippen molar-refractivity contribution in [1.82, 2.24) is 15.0 Å². The normalized spacial score (nSPS) is 13.6. The number of fused-ring (bicyclic) bond motifs is 1. The Kier molecular flexibility index (Phi) is 5.31. The first-order chi connectivity index (χ1) is 15.3. The average Bonchev–Trinajstić information content (AvgIpc) is 3.50. The van der Waals surface area contributed by atoms with Gasteiger partial charge in [0.05, 0.1) is 17.2 Å². The topological polar surface area (TPSA) is 84.2 Å². The van der Waals surface area contributed by atoms with E-state index < -0.39 is 0 Å². The molecule has 0 atom stereocenters. The van der Waals surface area contributed by atoms with Crippen LogP contribution in [-0.4, -0.2) is 33.9 Å². The standard InChI is InChI=1S/C24H23N5O2/c30-21(12-13-22-25-16-20(31-22)17-8-2-1-3-9-17)28-23-24(29-14-6-7-15-29)27-19-11-5-4-10-18(19)26-23/h1-5,8-11,16H,6-7,12-15H2,(H,26,28,30). The molecule has 156 valence electrons. The summed E-state index contributed by atoms with van der Waals surface area (Å²) >= 11 is 0. The molecule has 1 N–H and O–H groups in total. The lowest BCUT2D eigenvalue weighted by atomic mass is 10.2. The molecule has 1 aliphatic rings. The summed E-state index contributed by atoms with van der Waals surface area (Å²) in [6.07, 6.45) is 4.61. The van der Waals surface area contributed by atoms with E-state index in [1.807, 2.05) is 54.6 Å². The molecular formula is C24H23N5O2. The number of para-hydroxylation sites is 2. The Morgan fingerprint density at radius 2 is 1.68 bits per heavy atom. The minimum atomic E-state index is -0.135. The van der Waals surface area contributed by atoms with Crippen LogP contribution in [0, 0.1) is 0 Å². The smallest absolute Gasteiger partial charge is 0.226 e. The van der Waals surface area contributed by atoms with Gasteiger partial charge >= 0.3 is 0 Å². The predicted molar refractivity (Wildman–Crippen MR) is 120 cm³/mol. The molecule has 1 aliphatic heterocycles. The van der Waals surface area contributed by atoms with Crippen molar-refractivity contribution in [3.63, 3.8) is 0 Å². The maximum atomic E-state index is 12.7. The second-order valence-corrected chi connectivity index (χ2v) is 7.61. The summed E-state index contributed by atoms with van der Waals surface area (Å²) in [5.74, 6) is 2.37. The second kappa shape index (κ2) is 8.55. The minimum absolute atomic E-state index is 0.135. The van der Waals surface area contributed by atoms with Crippen LogP contribution in [0.4, 0.5) is 11.6 Å². The quantitative estimate of drug-likeness (QED) is 0.503. The van der Waals surface area contributed by atoms with E-state index in [0.717, 1.165) is 48.3 Å².